The molecule has 0 bridgehead atoms. The number of hydrogen-bond donors (Lipinski definition) is 2. The van der Waals surface area contributed by atoms with E-state index in [2.05, 4.69) is 41.3 Å². The summed E-state index contributed by atoms with van der Waals surface area (Å²) in [4.78, 5) is 6.55. The van der Waals surface area contributed by atoms with Crippen LogP contribution in [0.3, 0.4) is 0 Å². The Morgan fingerprint density at radius 3 is 2.37 bits per heavy atom. The van der Waals surface area contributed by atoms with Gasteiger partial charge in [-0.25, -0.2) is 0 Å². The van der Waals surface area contributed by atoms with Gasteiger partial charge >= 0.3 is 0 Å². The van der Waals surface area contributed by atoms with E-state index in [-0.39, 0.29) is 24.0 Å². The Kier molecular flexibility index (Phi) is 8.54. The molecule has 108 valence electrons. The van der Waals surface area contributed by atoms with Crippen molar-refractivity contribution in [3.8, 4) is 0 Å². The van der Waals surface area contributed by atoms with Gasteiger partial charge in [-0.05, 0) is 32.9 Å². The third kappa shape index (κ3) is 6.66. The van der Waals surface area contributed by atoms with Crippen molar-refractivity contribution < 1.29 is 0 Å². The highest BCUT2D eigenvalue weighted by molar-refractivity contribution is 14.0. The van der Waals surface area contributed by atoms with Crippen molar-refractivity contribution >= 4 is 35.6 Å². The van der Waals surface area contributed by atoms with Crippen LogP contribution >= 0.6 is 24.0 Å². The highest BCUT2D eigenvalue weighted by Crippen LogP contribution is 2.13. The van der Waals surface area contributed by atoms with Crippen molar-refractivity contribution in [2.24, 2.45) is 10.7 Å². The SMILES string of the molecule is CC(C)NC(N)=NCC(C)N(C)c1ccccc1.I. The summed E-state index contributed by atoms with van der Waals surface area (Å²) in [5, 5.41) is 3.09. The van der Waals surface area contributed by atoms with Crippen LogP contribution in [0.15, 0.2) is 35.3 Å². The van der Waals surface area contributed by atoms with Crippen LogP contribution in [0, 0.1) is 0 Å². The minimum Gasteiger partial charge on any atom is -0.370 e. The van der Waals surface area contributed by atoms with E-state index >= 15 is 0 Å². The Balaban J connectivity index is 0.00000324. The van der Waals surface area contributed by atoms with E-state index in [4.69, 9.17) is 5.73 Å². The highest BCUT2D eigenvalue weighted by atomic mass is 127. The lowest BCUT2D eigenvalue weighted by Gasteiger charge is -2.26. The number of rotatable bonds is 5. The zero-order chi connectivity index (χ0) is 13.5. The average molecular weight is 376 g/mol. The van der Waals surface area contributed by atoms with E-state index in [9.17, 15) is 0 Å². The number of nitrogens with two attached hydrogens (primary N) is 1. The van der Waals surface area contributed by atoms with Crippen LogP contribution in [-0.2, 0) is 0 Å². The van der Waals surface area contributed by atoms with Gasteiger partial charge in [0.05, 0.1) is 6.54 Å². The summed E-state index contributed by atoms with van der Waals surface area (Å²) in [6, 6.07) is 10.9. The number of para-hydroxylation sites is 1. The predicted octanol–water partition coefficient (Wildman–Crippen LogP) is 2.44. The molecule has 0 aliphatic carbocycles. The quantitative estimate of drug-likeness (QED) is 0.472. The molecule has 1 atom stereocenters. The molecule has 0 fully saturated rings. The molecule has 0 saturated heterocycles. The monoisotopic (exact) mass is 376 g/mol. The van der Waals surface area contributed by atoms with E-state index in [1.807, 2.05) is 32.0 Å². The third-order valence-corrected chi connectivity index (χ3v) is 2.79. The number of benzene rings is 1. The lowest BCUT2D eigenvalue weighted by molar-refractivity contribution is 0.681. The van der Waals surface area contributed by atoms with Crippen LogP contribution in [0.1, 0.15) is 20.8 Å². The fourth-order valence-electron chi connectivity index (χ4n) is 1.61. The first kappa shape index (κ1) is 18.0. The van der Waals surface area contributed by atoms with Gasteiger partial charge in [-0.3, -0.25) is 4.99 Å². The number of halogens is 1. The summed E-state index contributed by atoms with van der Waals surface area (Å²) in [6.07, 6.45) is 0. The summed E-state index contributed by atoms with van der Waals surface area (Å²) in [7, 11) is 2.07. The highest BCUT2D eigenvalue weighted by Gasteiger charge is 2.09. The van der Waals surface area contributed by atoms with Crippen molar-refractivity contribution in [1.29, 1.82) is 0 Å². The third-order valence-electron chi connectivity index (χ3n) is 2.79. The molecule has 5 heteroatoms. The summed E-state index contributed by atoms with van der Waals surface area (Å²) in [5.74, 6) is 0.512. The van der Waals surface area contributed by atoms with Crippen LogP contribution in [-0.4, -0.2) is 31.6 Å². The Bertz CT molecular complexity index is 378. The van der Waals surface area contributed by atoms with Gasteiger partial charge in [-0.2, -0.15) is 0 Å². The number of aliphatic imine (C=N–C) groups is 1. The molecule has 1 rings (SSSR count). The molecular weight excluding hydrogens is 351 g/mol. The predicted molar refractivity (Wildman–Crippen MR) is 94.5 cm³/mol. The van der Waals surface area contributed by atoms with Crippen molar-refractivity contribution in [2.45, 2.75) is 32.9 Å². The van der Waals surface area contributed by atoms with Gasteiger partial charge < -0.3 is 16.0 Å². The van der Waals surface area contributed by atoms with Crippen LogP contribution in [0.4, 0.5) is 5.69 Å². The van der Waals surface area contributed by atoms with Gasteiger partial charge in [-0.15, -0.1) is 24.0 Å². The number of nitrogens with one attached hydrogen (secondary N) is 1. The molecule has 0 amide bonds. The summed E-state index contributed by atoms with van der Waals surface area (Å²) >= 11 is 0. The fraction of sp³-hybridized carbons (Fsp3) is 0.500. The molecule has 0 aliphatic heterocycles. The smallest absolute Gasteiger partial charge is 0.188 e. The molecule has 0 aromatic heterocycles. The Morgan fingerprint density at radius 2 is 1.84 bits per heavy atom. The lowest BCUT2D eigenvalue weighted by atomic mass is 10.2. The Morgan fingerprint density at radius 1 is 1.26 bits per heavy atom. The molecule has 0 saturated carbocycles. The van der Waals surface area contributed by atoms with E-state index in [1.165, 1.54) is 5.69 Å². The second kappa shape index (κ2) is 9.01. The number of guanidine groups is 1. The minimum atomic E-state index is 0. The molecule has 19 heavy (non-hydrogen) atoms. The fourth-order valence-corrected chi connectivity index (χ4v) is 1.61. The molecule has 4 nitrogen and oxygen atoms in total. The summed E-state index contributed by atoms with van der Waals surface area (Å²) in [6.45, 7) is 6.90. The molecule has 1 aromatic carbocycles. The van der Waals surface area contributed by atoms with Gasteiger partial charge in [0.1, 0.15) is 0 Å². The standard InChI is InChI=1S/C14H24N4.HI/c1-11(2)17-14(15)16-10-12(3)18(4)13-8-6-5-7-9-13;/h5-9,11-12H,10H2,1-4H3,(H3,15,16,17);1H. The molecule has 0 spiro atoms. The zero-order valence-corrected chi connectivity index (χ0v) is 14.5. The second-order valence-corrected chi connectivity index (χ2v) is 4.82. The van der Waals surface area contributed by atoms with Crippen LogP contribution < -0.4 is 16.0 Å². The van der Waals surface area contributed by atoms with Crippen LogP contribution in [0.25, 0.3) is 0 Å². The maximum atomic E-state index is 5.78. The van der Waals surface area contributed by atoms with Gasteiger partial charge in [-0.1, -0.05) is 18.2 Å². The second-order valence-electron chi connectivity index (χ2n) is 4.82. The number of hydrogen-bond acceptors (Lipinski definition) is 2. The molecule has 3 N–H and O–H groups in total. The molecule has 1 aromatic rings. The molecule has 0 aliphatic rings. The topological polar surface area (TPSA) is 53.6 Å². The zero-order valence-electron chi connectivity index (χ0n) is 12.1. The number of nitrogens with zero attached hydrogens (tertiary/aromatic N) is 2. The first-order chi connectivity index (χ1) is 8.50. The van der Waals surface area contributed by atoms with Gasteiger partial charge in [0.15, 0.2) is 5.96 Å². The van der Waals surface area contributed by atoms with Crippen LogP contribution in [0.5, 0.6) is 0 Å². The Hall–Kier alpha value is -0.980. The summed E-state index contributed by atoms with van der Waals surface area (Å²) in [5.41, 5.74) is 6.97. The largest absolute Gasteiger partial charge is 0.370 e. The average Bonchev–Trinajstić information content (AvgIpc) is 2.35. The molecular formula is C14H25IN4. The Labute approximate surface area is 133 Å². The van der Waals surface area contributed by atoms with Crippen molar-refractivity contribution in [1.82, 2.24) is 5.32 Å². The van der Waals surface area contributed by atoms with E-state index < -0.39 is 0 Å². The molecule has 1 unspecified atom stereocenters. The summed E-state index contributed by atoms with van der Waals surface area (Å²) < 4.78 is 0. The maximum Gasteiger partial charge on any atom is 0.188 e. The van der Waals surface area contributed by atoms with Crippen molar-refractivity contribution in [3.63, 3.8) is 0 Å². The lowest BCUT2D eigenvalue weighted by Crippen LogP contribution is -2.38. The van der Waals surface area contributed by atoms with Crippen LogP contribution in [0.2, 0.25) is 0 Å². The molecule has 0 heterocycles. The van der Waals surface area contributed by atoms with Crippen molar-refractivity contribution in [3.05, 3.63) is 30.3 Å². The minimum absolute atomic E-state index is 0. The first-order valence-electron chi connectivity index (χ1n) is 6.35. The van der Waals surface area contributed by atoms with Gasteiger partial charge in [0.25, 0.3) is 0 Å². The normalized spacial score (nSPS) is 12.8. The number of likely N-dealkylation sites (N-methyl/N-ethyl adjacent to an activating group) is 1. The molecule has 0 radical (unpaired) electrons. The van der Waals surface area contributed by atoms with Crippen molar-refractivity contribution in [2.75, 3.05) is 18.5 Å². The van der Waals surface area contributed by atoms with E-state index in [0.29, 0.717) is 24.6 Å². The van der Waals surface area contributed by atoms with Gasteiger partial charge in [0, 0.05) is 24.8 Å². The van der Waals surface area contributed by atoms with Gasteiger partial charge in [0.2, 0.25) is 0 Å². The number of anilines is 1. The van der Waals surface area contributed by atoms with E-state index in [0.717, 1.165) is 0 Å². The van der Waals surface area contributed by atoms with E-state index in [1.54, 1.807) is 0 Å². The first-order valence-corrected chi connectivity index (χ1v) is 6.35. The maximum absolute atomic E-state index is 5.78.